The van der Waals surface area contributed by atoms with Gasteiger partial charge in [-0.3, -0.25) is 5.41 Å². The summed E-state index contributed by atoms with van der Waals surface area (Å²) >= 11 is 0. The lowest BCUT2D eigenvalue weighted by Crippen LogP contribution is -2.45. The third-order valence-corrected chi connectivity index (χ3v) is 3.46. The number of nitrogens with two attached hydrogens (primary N) is 1. The van der Waals surface area contributed by atoms with Crippen molar-refractivity contribution in [2.24, 2.45) is 5.73 Å². The largest absolute Gasteiger partial charge is 0.382 e. The third kappa shape index (κ3) is 2.79. The normalized spacial score (nSPS) is 20.2. The number of nitrogen functional groups attached to an aromatic ring is 1. The first-order valence-corrected chi connectivity index (χ1v) is 6.31. The minimum Gasteiger partial charge on any atom is -0.382 e. The summed E-state index contributed by atoms with van der Waals surface area (Å²) in [6.07, 6.45) is 2.41. The highest BCUT2D eigenvalue weighted by Gasteiger charge is 2.22. The second kappa shape index (κ2) is 5.35. The topological polar surface area (TPSA) is 69.2 Å². The zero-order chi connectivity index (χ0) is 13.1. The first-order valence-electron chi connectivity index (χ1n) is 6.31. The van der Waals surface area contributed by atoms with E-state index in [2.05, 4.69) is 28.9 Å². The van der Waals surface area contributed by atoms with E-state index in [9.17, 15) is 0 Å². The molecule has 3 N–H and O–H groups in total. The predicted molar refractivity (Wildman–Crippen MR) is 74.2 cm³/mol. The molecule has 1 aromatic heterocycles. The summed E-state index contributed by atoms with van der Waals surface area (Å²) in [5, 5.41) is 7.44. The van der Waals surface area contributed by atoms with Crippen molar-refractivity contribution in [2.75, 3.05) is 32.1 Å². The van der Waals surface area contributed by atoms with Crippen LogP contribution in [0.1, 0.15) is 18.5 Å². The lowest BCUT2D eigenvalue weighted by Gasteiger charge is -2.36. The summed E-state index contributed by atoms with van der Waals surface area (Å²) in [6, 6.07) is 6.25. The van der Waals surface area contributed by atoms with Crippen molar-refractivity contribution in [1.82, 2.24) is 9.88 Å². The summed E-state index contributed by atoms with van der Waals surface area (Å²) in [5.41, 5.74) is 6.04. The number of amidine groups is 1. The van der Waals surface area contributed by atoms with E-state index >= 15 is 0 Å². The molecule has 0 aromatic carbocycles. The van der Waals surface area contributed by atoms with Gasteiger partial charge in [0.05, 0.1) is 0 Å². The smallest absolute Gasteiger partial charge is 0.141 e. The maximum Gasteiger partial charge on any atom is 0.141 e. The lowest BCUT2D eigenvalue weighted by atomic mass is 10.0. The van der Waals surface area contributed by atoms with Crippen LogP contribution in [0.15, 0.2) is 18.2 Å². The van der Waals surface area contributed by atoms with Crippen LogP contribution in [-0.2, 0) is 0 Å². The molecule has 2 heterocycles. The summed E-state index contributed by atoms with van der Waals surface area (Å²) in [5.74, 6) is 0.951. The fraction of sp³-hybridized carbons (Fsp3) is 0.538. The third-order valence-electron chi connectivity index (χ3n) is 3.46. The molecule has 1 atom stereocenters. The van der Waals surface area contributed by atoms with Crippen LogP contribution in [0.2, 0.25) is 0 Å². The quantitative estimate of drug-likeness (QED) is 0.615. The minimum atomic E-state index is 0.0259. The molecule has 0 aliphatic carbocycles. The Kier molecular flexibility index (Phi) is 3.81. The number of aromatic nitrogens is 1. The molecule has 0 spiro atoms. The van der Waals surface area contributed by atoms with Crippen molar-refractivity contribution in [3.8, 4) is 0 Å². The average Bonchev–Trinajstić information content (AvgIpc) is 2.39. The SMILES string of the molecule is CN(C)C1CCCN(c2cccc(C(=N)N)n2)C1. The van der Waals surface area contributed by atoms with E-state index < -0.39 is 0 Å². The molecule has 1 aromatic rings. The van der Waals surface area contributed by atoms with Gasteiger partial charge >= 0.3 is 0 Å². The van der Waals surface area contributed by atoms with E-state index in [1.54, 1.807) is 6.07 Å². The number of nitrogens with zero attached hydrogens (tertiary/aromatic N) is 3. The molecule has 1 fully saturated rings. The maximum absolute atomic E-state index is 7.44. The summed E-state index contributed by atoms with van der Waals surface area (Å²) in [4.78, 5) is 8.99. The van der Waals surface area contributed by atoms with Crippen LogP contribution in [0.5, 0.6) is 0 Å². The van der Waals surface area contributed by atoms with Gasteiger partial charge in [0.15, 0.2) is 0 Å². The second-order valence-corrected chi connectivity index (χ2v) is 5.00. The fourth-order valence-electron chi connectivity index (χ4n) is 2.33. The number of hydrogen-bond acceptors (Lipinski definition) is 4. The Morgan fingerprint density at radius 1 is 1.50 bits per heavy atom. The first-order chi connectivity index (χ1) is 8.58. The van der Waals surface area contributed by atoms with Gasteiger partial charge in [0.1, 0.15) is 17.3 Å². The molecule has 1 aliphatic rings. The van der Waals surface area contributed by atoms with Gasteiger partial charge in [-0.15, -0.1) is 0 Å². The number of nitrogens with one attached hydrogen (secondary N) is 1. The van der Waals surface area contributed by atoms with E-state index in [0.717, 1.165) is 18.9 Å². The first kappa shape index (κ1) is 12.8. The summed E-state index contributed by atoms with van der Waals surface area (Å²) < 4.78 is 0. The summed E-state index contributed by atoms with van der Waals surface area (Å²) in [7, 11) is 4.24. The number of anilines is 1. The molecule has 5 nitrogen and oxygen atoms in total. The highest BCUT2D eigenvalue weighted by Crippen LogP contribution is 2.20. The van der Waals surface area contributed by atoms with Crippen molar-refractivity contribution in [1.29, 1.82) is 5.41 Å². The van der Waals surface area contributed by atoms with Crippen LogP contribution in [0.4, 0.5) is 5.82 Å². The Balaban J connectivity index is 2.15. The van der Waals surface area contributed by atoms with Crippen molar-refractivity contribution in [2.45, 2.75) is 18.9 Å². The van der Waals surface area contributed by atoms with E-state index in [-0.39, 0.29) is 5.84 Å². The predicted octanol–water partition coefficient (Wildman–Crippen LogP) is 0.896. The van der Waals surface area contributed by atoms with Crippen LogP contribution in [0, 0.1) is 5.41 Å². The Hall–Kier alpha value is -1.62. The van der Waals surface area contributed by atoms with E-state index in [1.165, 1.54) is 12.8 Å². The number of pyridine rings is 1. The van der Waals surface area contributed by atoms with Gasteiger partial charge in [-0.2, -0.15) is 0 Å². The number of piperidine rings is 1. The molecular weight excluding hydrogens is 226 g/mol. The summed E-state index contributed by atoms with van der Waals surface area (Å²) in [6.45, 7) is 2.01. The van der Waals surface area contributed by atoms with Gasteiger partial charge < -0.3 is 15.5 Å². The van der Waals surface area contributed by atoms with Crippen molar-refractivity contribution in [3.05, 3.63) is 23.9 Å². The molecule has 0 saturated carbocycles. The Morgan fingerprint density at radius 3 is 2.94 bits per heavy atom. The molecule has 1 saturated heterocycles. The molecule has 0 bridgehead atoms. The van der Waals surface area contributed by atoms with Crippen molar-refractivity contribution in [3.63, 3.8) is 0 Å². The fourth-order valence-corrected chi connectivity index (χ4v) is 2.33. The molecule has 98 valence electrons. The molecule has 0 radical (unpaired) electrons. The monoisotopic (exact) mass is 247 g/mol. The van der Waals surface area contributed by atoms with Gasteiger partial charge in [-0.1, -0.05) is 6.07 Å². The van der Waals surface area contributed by atoms with Crippen molar-refractivity contribution >= 4 is 11.7 Å². The molecule has 1 aliphatic heterocycles. The molecule has 1 unspecified atom stereocenters. The molecule has 5 heteroatoms. The van der Waals surface area contributed by atoms with E-state index in [0.29, 0.717) is 11.7 Å². The van der Waals surface area contributed by atoms with Gasteiger partial charge in [0.2, 0.25) is 0 Å². The highest BCUT2D eigenvalue weighted by molar-refractivity contribution is 5.93. The van der Waals surface area contributed by atoms with Crippen LogP contribution < -0.4 is 10.6 Å². The molecule has 2 rings (SSSR count). The van der Waals surface area contributed by atoms with Crippen LogP contribution in [-0.4, -0.2) is 48.9 Å². The van der Waals surface area contributed by atoms with Gasteiger partial charge in [0, 0.05) is 19.1 Å². The molecule has 18 heavy (non-hydrogen) atoms. The minimum absolute atomic E-state index is 0.0259. The van der Waals surface area contributed by atoms with Crippen LogP contribution in [0.25, 0.3) is 0 Å². The maximum atomic E-state index is 7.44. The van der Waals surface area contributed by atoms with E-state index in [1.807, 2.05) is 12.1 Å². The van der Waals surface area contributed by atoms with Crippen LogP contribution >= 0.6 is 0 Å². The Bertz CT molecular complexity index is 429. The van der Waals surface area contributed by atoms with Gasteiger partial charge in [0.25, 0.3) is 0 Å². The van der Waals surface area contributed by atoms with Gasteiger partial charge in [-0.05, 0) is 39.1 Å². The number of likely N-dealkylation sites (N-methyl/N-ethyl adjacent to an activating group) is 1. The second-order valence-electron chi connectivity index (χ2n) is 5.00. The number of rotatable bonds is 3. The molecule has 0 amide bonds. The lowest BCUT2D eigenvalue weighted by molar-refractivity contribution is 0.257. The zero-order valence-electron chi connectivity index (χ0n) is 11.1. The molecular formula is C13H21N5. The van der Waals surface area contributed by atoms with Crippen LogP contribution in [0.3, 0.4) is 0 Å². The zero-order valence-corrected chi connectivity index (χ0v) is 11.1. The van der Waals surface area contributed by atoms with E-state index in [4.69, 9.17) is 11.1 Å². The highest BCUT2D eigenvalue weighted by atomic mass is 15.2. The Morgan fingerprint density at radius 2 is 2.28 bits per heavy atom. The van der Waals surface area contributed by atoms with Gasteiger partial charge in [-0.25, -0.2) is 4.98 Å². The Labute approximate surface area is 108 Å². The standard InChI is InChI=1S/C13H21N5/c1-17(2)10-5-4-8-18(9-10)12-7-3-6-11(16-12)13(14)15/h3,6-7,10H,4-5,8-9H2,1-2H3,(H3,14,15). The average molecular weight is 247 g/mol. The number of hydrogen-bond donors (Lipinski definition) is 2. The van der Waals surface area contributed by atoms with Crippen molar-refractivity contribution < 1.29 is 0 Å².